The van der Waals surface area contributed by atoms with Gasteiger partial charge in [-0.15, -0.1) is 0 Å². The topological polar surface area (TPSA) is 47.0 Å². The average molecular weight is 244 g/mol. The lowest BCUT2D eigenvalue weighted by molar-refractivity contribution is 0.158. The summed E-state index contributed by atoms with van der Waals surface area (Å²) in [6.45, 7) is 8.15. The van der Waals surface area contributed by atoms with E-state index in [1.165, 1.54) is 0 Å². The molecule has 0 unspecified atom stereocenters. The first-order valence-corrected chi connectivity index (χ1v) is 5.87. The molecule has 0 aliphatic carbocycles. The summed E-state index contributed by atoms with van der Waals surface area (Å²) in [5.41, 5.74) is 0. The second-order valence-electron chi connectivity index (χ2n) is 3.71. The maximum Gasteiger partial charge on any atom is 0.135 e. The summed E-state index contributed by atoms with van der Waals surface area (Å²) < 4.78 is 5.22. The van der Waals surface area contributed by atoms with E-state index in [1.807, 2.05) is 20.8 Å². The minimum atomic E-state index is 0.270. The van der Waals surface area contributed by atoms with Crippen molar-refractivity contribution in [2.45, 2.75) is 26.7 Å². The Bertz CT molecular complexity index is 331. The van der Waals surface area contributed by atoms with Crippen molar-refractivity contribution in [2.24, 2.45) is 0 Å². The van der Waals surface area contributed by atoms with Gasteiger partial charge in [0.2, 0.25) is 0 Å². The Morgan fingerprint density at radius 3 is 2.81 bits per heavy atom. The standard InChI is InChI=1S/C11H18ClN3O/c1-4-16-6-5-13-10-7-9(12)14-11(15-10)8(2)3/h7-8H,4-6H2,1-3H3,(H,13,14,15). The molecule has 0 spiro atoms. The van der Waals surface area contributed by atoms with Crippen LogP contribution in [0, 0.1) is 0 Å². The molecule has 90 valence electrons. The summed E-state index contributed by atoms with van der Waals surface area (Å²) in [5, 5.41) is 3.63. The van der Waals surface area contributed by atoms with Crippen LogP contribution in [-0.4, -0.2) is 29.7 Å². The fourth-order valence-corrected chi connectivity index (χ4v) is 1.37. The molecule has 0 saturated carbocycles. The smallest absolute Gasteiger partial charge is 0.135 e. The number of anilines is 1. The zero-order valence-electron chi connectivity index (χ0n) is 9.96. The van der Waals surface area contributed by atoms with Crippen LogP contribution in [0.5, 0.6) is 0 Å². The van der Waals surface area contributed by atoms with E-state index in [2.05, 4.69) is 15.3 Å². The molecular weight excluding hydrogens is 226 g/mol. The largest absolute Gasteiger partial charge is 0.380 e. The zero-order chi connectivity index (χ0) is 12.0. The molecule has 0 aromatic carbocycles. The molecule has 0 aliphatic heterocycles. The number of nitrogens with one attached hydrogen (secondary N) is 1. The van der Waals surface area contributed by atoms with Crippen molar-refractivity contribution in [3.8, 4) is 0 Å². The van der Waals surface area contributed by atoms with Crippen molar-refractivity contribution < 1.29 is 4.74 Å². The van der Waals surface area contributed by atoms with Gasteiger partial charge in [-0.05, 0) is 6.92 Å². The lowest BCUT2D eigenvalue weighted by Gasteiger charge is -2.09. The summed E-state index contributed by atoms with van der Waals surface area (Å²) in [6, 6.07) is 1.72. The van der Waals surface area contributed by atoms with Gasteiger partial charge < -0.3 is 10.1 Å². The van der Waals surface area contributed by atoms with Gasteiger partial charge in [0.15, 0.2) is 0 Å². The van der Waals surface area contributed by atoms with Gasteiger partial charge in [-0.2, -0.15) is 0 Å². The van der Waals surface area contributed by atoms with Crippen molar-refractivity contribution in [3.63, 3.8) is 0 Å². The summed E-state index contributed by atoms with van der Waals surface area (Å²) in [4.78, 5) is 8.53. The van der Waals surface area contributed by atoms with Crippen LogP contribution in [0.15, 0.2) is 6.07 Å². The molecule has 1 heterocycles. The van der Waals surface area contributed by atoms with Gasteiger partial charge in [0.25, 0.3) is 0 Å². The van der Waals surface area contributed by atoms with Crippen LogP contribution >= 0.6 is 11.6 Å². The molecule has 4 nitrogen and oxygen atoms in total. The van der Waals surface area contributed by atoms with E-state index in [1.54, 1.807) is 6.07 Å². The minimum Gasteiger partial charge on any atom is -0.380 e. The van der Waals surface area contributed by atoms with Crippen LogP contribution in [0.4, 0.5) is 5.82 Å². The van der Waals surface area contributed by atoms with Gasteiger partial charge in [-0.1, -0.05) is 25.4 Å². The van der Waals surface area contributed by atoms with E-state index in [0.717, 1.165) is 24.8 Å². The Morgan fingerprint density at radius 2 is 2.19 bits per heavy atom. The Hall–Kier alpha value is -0.870. The van der Waals surface area contributed by atoms with E-state index in [-0.39, 0.29) is 5.92 Å². The first-order valence-electron chi connectivity index (χ1n) is 5.49. The van der Waals surface area contributed by atoms with E-state index in [4.69, 9.17) is 16.3 Å². The van der Waals surface area contributed by atoms with Gasteiger partial charge >= 0.3 is 0 Å². The third-order valence-corrected chi connectivity index (χ3v) is 2.18. The van der Waals surface area contributed by atoms with Crippen molar-refractivity contribution in [1.82, 2.24) is 9.97 Å². The molecule has 0 saturated heterocycles. The Balaban J connectivity index is 2.58. The lowest BCUT2D eigenvalue weighted by Crippen LogP contribution is -2.11. The number of rotatable bonds is 6. The number of halogens is 1. The number of hydrogen-bond donors (Lipinski definition) is 1. The van der Waals surface area contributed by atoms with Crippen molar-refractivity contribution in [2.75, 3.05) is 25.1 Å². The van der Waals surface area contributed by atoms with Crippen LogP contribution in [0.25, 0.3) is 0 Å². The normalized spacial score (nSPS) is 10.8. The Kier molecular flexibility index (Phi) is 5.49. The van der Waals surface area contributed by atoms with E-state index < -0.39 is 0 Å². The second kappa shape index (κ2) is 6.66. The third-order valence-electron chi connectivity index (χ3n) is 1.99. The first kappa shape index (κ1) is 13.2. The lowest BCUT2D eigenvalue weighted by atomic mass is 10.2. The summed E-state index contributed by atoms with van der Waals surface area (Å²) in [5.74, 6) is 1.78. The third kappa shape index (κ3) is 4.33. The average Bonchev–Trinajstić information content (AvgIpc) is 2.23. The predicted molar refractivity (Wildman–Crippen MR) is 66.1 cm³/mol. The van der Waals surface area contributed by atoms with Crippen molar-refractivity contribution in [1.29, 1.82) is 0 Å². The van der Waals surface area contributed by atoms with Crippen molar-refractivity contribution in [3.05, 3.63) is 17.0 Å². The summed E-state index contributed by atoms with van der Waals surface area (Å²) >= 11 is 5.91. The molecule has 1 aromatic rings. The fraction of sp³-hybridized carbons (Fsp3) is 0.636. The maximum absolute atomic E-state index is 5.91. The molecule has 1 rings (SSSR count). The molecule has 0 atom stereocenters. The highest BCUT2D eigenvalue weighted by atomic mass is 35.5. The van der Waals surface area contributed by atoms with Gasteiger partial charge in [0.05, 0.1) is 6.61 Å². The number of ether oxygens (including phenoxy) is 1. The van der Waals surface area contributed by atoms with Crippen LogP contribution < -0.4 is 5.32 Å². The van der Waals surface area contributed by atoms with Crippen LogP contribution in [-0.2, 0) is 4.74 Å². The molecular formula is C11H18ClN3O. The first-order chi connectivity index (χ1) is 7.63. The fourth-order valence-electron chi connectivity index (χ4n) is 1.18. The Labute approximate surface area is 101 Å². The molecule has 5 heteroatoms. The summed E-state index contributed by atoms with van der Waals surface area (Å²) in [7, 11) is 0. The van der Waals surface area contributed by atoms with E-state index in [0.29, 0.717) is 11.8 Å². The van der Waals surface area contributed by atoms with Gasteiger partial charge in [-0.3, -0.25) is 0 Å². The maximum atomic E-state index is 5.91. The molecule has 16 heavy (non-hydrogen) atoms. The monoisotopic (exact) mass is 243 g/mol. The number of hydrogen-bond acceptors (Lipinski definition) is 4. The van der Waals surface area contributed by atoms with Crippen molar-refractivity contribution >= 4 is 17.4 Å². The second-order valence-corrected chi connectivity index (χ2v) is 4.10. The molecule has 0 amide bonds. The number of aromatic nitrogens is 2. The minimum absolute atomic E-state index is 0.270. The SMILES string of the molecule is CCOCCNc1cc(Cl)nc(C(C)C)n1. The van der Waals surface area contributed by atoms with Gasteiger partial charge in [0, 0.05) is 25.1 Å². The molecule has 1 N–H and O–H groups in total. The van der Waals surface area contributed by atoms with Crippen LogP contribution in [0.3, 0.4) is 0 Å². The van der Waals surface area contributed by atoms with Crippen LogP contribution in [0.2, 0.25) is 5.15 Å². The number of nitrogens with zero attached hydrogens (tertiary/aromatic N) is 2. The molecule has 0 bridgehead atoms. The quantitative estimate of drug-likeness (QED) is 0.617. The molecule has 0 aliphatic rings. The molecule has 0 radical (unpaired) electrons. The summed E-state index contributed by atoms with van der Waals surface area (Å²) in [6.07, 6.45) is 0. The Morgan fingerprint density at radius 1 is 1.44 bits per heavy atom. The van der Waals surface area contributed by atoms with Gasteiger partial charge in [0.1, 0.15) is 16.8 Å². The van der Waals surface area contributed by atoms with Crippen LogP contribution in [0.1, 0.15) is 32.5 Å². The van der Waals surface area contributed by atoms with Gasteiger partial charge in [-0.25, -0.2) is 9.97 Å². The van der Waals surface area contributed by atoms with E-state index in [9.17, 15) is 0 Å². The van der Waals surface area contributed by atoms with E-state index >= 15 is 0 Å². The highest BCUT2D eigenvalue weighted by molar-refractivity contribution is 6.29. The predicted octanol–water partition coefficient (Wildman–Crippen LogP) is 2.70. The molecule has 1 aromatic heterocycles. The highest BCUT2D eigenvalue weighted by Crippen LogP contribution is 2.16. The molecule has 0 fully saturated rings. The highest BCUT2D eigenvalue weighted by Gasteiger charge is 2.06. The zero-order valence-corrected chi connectivity index (χ0v) is 10.7.